The highest BCUT2D eigenvalue weighted by Crippen LogP contribution is 2.35. The lowest BCUT2D eigenvalue weighted by Gasteiger charge is -2.13. The van der Waals surface area contributed by atoms with Crippen molar-refractivity contribution in [1.29, 1.82) is 5.26 Å². The van der Waals surface area contributed by atoms with Gasteiger partial charge in [-0.05, 0) is 69.8 Å². The maximum Gasteiger partial charge on any atom is 0.0991 e. The molecule has 0 aliphatic carbocycles. The van der Waals surface area contributed by atoms with E-state index in [9.17, 15) is 5.26 Å². The van der Waals surface area contributed by atoms with Gasteiger partial charge in [0.25, 0.3) is 0 Å². The number of hydrogen-bond donors (Lipinski definition) is 0. The highest BCUT2D eigenvalue weighted by atomic mass is 14.8. The Labute approximate surface area is 314 Å². The van der Waals surface area contributed by atoms with Crippen LogP contribution in [0.25, 0.3) is 89.4 Å². The molecule has 4 heteroatoms. The zero-order valence-electron chi connectivity index (χ0n) is 29.3. The smallest absolute Gasteiger partial charge is 0.0991 e. The summed E-state index contributed by atoms with van der Waals surface area (Å²) in [5.41, 5.74) is 16.4. The van der Waals surface area contributed by atoms with Gasteiger partial charge >= 0.3 is 0 Å². The Morgan fingerprint density at radius 2 is 0.630 bits per heavy atom. The minimum absolute atomic E-state index is 0.603. The maximum atomic E-state index is 9.38. The number of pyridine rings is 1. The number of para-hydroxylation sites is 2. The molecule has 0 bridgehead atoms. The van der Waals surface area contributed by atoms with E-state index in [1.54, 1.807) is 0 Å². The minimum atomic E-state index is 0.603. The van der Waals surface area contributed by atoms with Gasteiger partial charge in [0.1, 0.15) is 0 Å². The lowest BCUT2D eigenvalue weighted by Crippen LogP contribution is -1.96. The molecular weight excluding hydrogens is 657 g/mol. The van der Waals surface area contributed by atoms with E-state index in [0.717, 1.165) is 67.2 Å². The first-order valence-corrected chi connectivity index (χ1v) is 17.9. The minimum Gasteiger partial charge on any atom is -0.248 e. The molecule has 2 heterocycles. The summed E-state index contributed by atoms with van der Waals surface area (Å²) < 4.78 is 0. The SMILES string of the molecule is N#Cc1ccc(-c2nc3ccccc3nc2-c2ccc(-c3cc(-c4ccc(-c5ccccc5)cc4)cc(-c4ccc(-c5ccccc5)cc4)n3)cc2)cc1. The van der Waals surface area contributed by atoms with E-state index in [2.05, 4.69) is 140 Å². The number of nitrogens with zero attached hydrogens (tertiary/aromatic N) is 4. The number of hydrogen-bond acceptors (Lipinski definition) is 4. The number of nitriles is 1. The van der Waals surface area contributed by atoms with Crippen molar-refractivity contribution in [2.75, 3.05) is 0 Å². The van der Waals surface area contributed by atoms with E-state index in [4.69, 9.17) is 15.0 Å². The van der Waals surface area contributed by atoms with Gasteiger partial charge in [0.15, 0.2) is 0 Å². The van der Waals surface area contributed by atoms with E-state index in [1.807, 2.05) is 60.7 Å². The topological polar surface area (TPSA) is 62.5 Å². The predicted octanol–water partition coefficient (Wildman–Crippen LogP) is 12.6. The molecule has 0 N–H and O–H groups in total. The van der Waals surface area contributed by atoms with Gasteiger partial charge in [-0.2, -0.15) is 5.26 Å². The molecule has 4 nitrogen and oxygen atoms in total. The zero-order valence-corrected chi connectivity index (χ0v) is 29.3. The standard InChI is InChI=1S/C50H32N4/c51-33-34-15-17-42(18-16-34)49-50(54-46-14-8-7-13-45(46)53-49)43-29-27-41(28-30-43)48-32-44(39-21-19-37(20-22-39)35-9-3-1-4-10-35)31-47(52-48)40-25-23-38(24-26-40)36-11-5-2-6-12-36/h1-32H. The highest BCUT2D eigenvalue weighted by Gasteiger charge is 2.15. The lowest BCUT2D eigenvalue weighted by molar-refractivity contribution is 1.29. The fourth-order valence-electron chi connectivity index (χ4n) is 6.85. The number of rotatable bonds is 7. The number of benzene rings is 7. The Bertz CT molecular complexity index is 2670. The van der Waals surface area contributed by atoms with Crippen LogP contribution in [-0.2, 0) is 0 Å². The Morgan fingerprint density at radius 1 is 0.296 bits per heavy atom. The Hall–Kier alpha value is -7.48. The van der Waals surface area contributed by atoms with Crippen LogP contribution in [0, 0.1) is 11.3 Å². The monoisotopic (exact) mass is 688 g/mol. The van der Waals surface area contributed by atoms with Crippen molar-refractivity contribution in [2.45, 2.75) is 0 Å². The third-order valence-electron chi connectivity index (χ3n) is 9.75. The van der Waals surface area contributed by atoms with Crippen molar-refractivity contribution in [2.24, 2.45) is 0 Å². The quantitative estimate of drug-likeness (QED) is 0.167. The molecule has 9 aromatic rings. The van der Waals surface area contributed by atoms with E-state index in [1.165, 1.54) is 22.3 Å². The number of aromatic nitrogens is 3. The van der Waals surface area contributed by atoms with Gasteiger partial charge in [0.05, 0.1) is 45.4 Å². The average Bonchev–Trinajstić information content (AvgIpc) is 3.26. The second kappa shape index (κ2) is 14.3. The molecule has 0 amide bonds. The summed E-state index contributed by atoms with van der Waals surface area (Å²) in [7, 11) is 0. The molecule has 54 heavy (non-hydrogen) atoms. The fourth-order valence-corrected chi connectivity index (χ4v) is 6.85. The summed E-state index contributed by atoms with van der Waals surface area (Å²) in [5.74, 6) is 0. The normalized spacial score (nSPS) is 10.9. The van der Waals surface area contributed by atoms with Gasteiger partial charge in [-0.1, -0.05) is 158 Å². The molecule has 0 atom stereocenters. The molecule has 0 aliphatic heterocycles. The summed E-state index contributed by atoms with van der Waals surface area (Å²) in [6.07, 6.45) is 0. The Morgan fingerprint density at radius 3 is 1.06 bits per heavy atom. The van der Waals surface area contributed by atoms with E-state index < -0.39 is 0 Å². The molecule has 0 saturated carbocycles. The first-order valence-electron chi connectivity index (χ1n) is 17.9. The third kappa shape index (κ3) is 6.54. The molecule has 2 aromatic heterocycles. The largest absolute Gasteiger partial charge is 0.248 e. The van der Waals surface area contributed by atoms with Crippen LogP contribution < -0.4 is 0 Å². The van der Waals surface area contributed by atoms with Gasteiger partial charge in [-0.15, -0.1) is 0 Å². The molecule has 0 fully saturated rings. The van der Waals surface area contributed by atoms with Crippen LogP contribution in [-0.4, -0.2) is 15.0 Å². The van der Waals surface area contributed by atoms with Crippen molar-refractivity contribution in [3.05, 3.63) is 200 Å². The lowest BCUT2D eigenvalue weighted by atomic mass is 9.96. The van der Waals surface area contributed by atoms with Gasteiger partial charge in [0, 0.05) is 22.3 Å². The van der Waals surface area contributed by atoms with Crippen LogP contribution in [0.4, 0.5) is 0 Å². The molecular formula is C50H32N4. The van der Waals surface area contributed by atoms with Crippen molar-refractivity contribution in [3.8, 4) is 84.5 Å². The number of fused-ring (bicyclic) bond motifs is 1. The zero-order chi connectivity index (χ0) is 36.3. The van der Waals surface area contributed by atoms with Crippen molar-refractivity contribution >= 4 is 11.0 Å². The molecule has 0 saturated heterocycles. The fraction of sp³-hybridized carbons (Fsp3) is 0. The van der Waals surface area contributed by atoms with Crippen LogP contribution in [0.2, 0.25) is 0 Å². The van der Waals surface area contributed by atoms with E-state index >= 15 is 0 Å². The van der Waals surface area contributed by atoms with Gasteiger partial charge in [-0.25, -0.2) is 15.0 Å². The van der Waals surface area contributed by atoms with Crippen molar-refractivity contribution in [1.82, 2.24) is 15.0 Å². The van der Waals surface area contributed by atoms with Crippen LogP contribution in [0.3, 0.4) is 0 Å². The second-order valence-electron chi connectivity index (χ2n) is 13.2. The Kier molecular flexibility index (Phi) is 8.57. The van der Waals surface area contributed by atoms with Crippen molar-refractivity contribution < 1.29 is 0 Å². The van der Waals surface area contributed by atoms with E-state index in [-0.39, 0.29) is 0 Å². The van der Waals surface area contributed by atoms with Crippen LogP contribution in [0.15, 0.2) is 194 Å². The molecule has 0 spiro atoms. The van der Waals surface area contributed by atoms with Gasteiger partial charge in [0.2, 0.25) is 0 Å². The first kappa shape index (κ1) is 32.4. The highest BCUT2D eigenvalue weighted by molar-refractivity contribution is 5.87. The average molecular weight is 689 g/mol. The molecule has 9 rings (SSSR count). The first-order chi connectivity index (χ1) is 26.7. The third-order valence-corrected chi connectivity index (χ3v) is 9.75. The summed E-state index contributed by atoms with van der Waals surface area (Å²) >= 11 is 0. The predicted molar refractivity (Wildman–Crippen MR) is 220 cm³/mol. The summed E-state index contributed by atoms with van der Waals surface area (Å²) in [6, 6.07) is 68.7. The maximum absolute atomic E-state index is 9.38. The molecule has 0 radical (unpaired) electrons. The summed E-state index contributed by atoms with van der Waals surface area (Å²) in [6.45, 7) is 0. The molecule has 252 valence electrons. The Balaban J connectivity index is 1.12. The van der Waals surface area contributed by atoms with Crippen LogP contribution in [0.5, 0.6) is 0 Å². The molecule has 0 unspecified atom stereocenters. The summed E-state index contributed by atoms with van der Waals surface area (Å²) in [5, 5.41) is 9.38. The second-order valence-corrected chi connectivity index (χ2v) is 13.2. The van der Waals surface area contributed by atoms with Crippen molar-refractivity contribution in [3.63, 3.8) is 0 Å². The van der Waals surface area contributed by atoms with Gasteiger partial charge < -0.3 is 0 Å². The van der Waals surface area contributed by atoms with Crippen LogP contribution in [0.1, 0.15) is 5.56 Å². The molecule has 7 aromatic carbocycles. The summed E-state index contributed by atoms with van der Waals surface area (Å²) in [4.78, 5) is 15.4. The molecule has 0 aliphatic rings. The van der Waals surface area contributed by atoms with E-state index in [0.29, 0.717) is 5.56 Å². The van der Waals surface area contributed by atoms with Crippen LogP contribution >= 0.6 is 0 Å². The van der Waals surface area contributed by atoms with Gasteiger partial charge in [-0.3, -0.25) is 0 Å².